The first kappa shape index (κ1) is 20.5. The molecule has 29 heavy (non-hydrogen) atoms. The zero-order chi connectivity index (χ0) is 21.1. The smallest absolute Gasteiger partial charge is 0.459 e. The van der Waals surface area contributed by atoms with E-state index < -0.39 is 33.6 Å². The Labute approximate surface area is 163 Å². The SMILES string of the molecule is O=C(Nc1cccc(OC(F)(F)F)c1)c1occc1CS(=O)(=O)c1ccccc1. The lowest BCUT2D eigenvalue weighted by molar-refractivity contribution is -0.274. The Balaban J connectivity index is 1.77. The van der Waals surface area contributed by atoms with E-state index in [1.54, 1.807) is 18.2 Å². The largest absolute Gasteiger partial charge is 0.573 e. The number of furan rings is 1. The number of halogens is 3. The van der Waals surface area contributed by atoms with Gasteiger partial charge in [-0.3, -0.25) is 4.79 Å². The van der Waals surface area contributed by atoms with Gasteiger partial charge in [0.2, 0.25) is 0 Å². The predicted molar refractivity (Wildman–Crippen MR) is 97.1 cm³/mol. The maximum atomic E-state index is 12.5. The molecule has 0 atom stereocenters. The monoisotopic (exact) mass is 425 g/mol. The molecule has 10 heteroatoms. The van der Waals surface area contributed by atoms with Crippen LogP contribution in [0.1, 0.15) is 16.1 Å². The lowest BCUT2D eigenvalue weighted by Gasteiger charge is -2.10. The number of carbonyl (C=O) groups is 1. The van der Waals surface area contributed by atoms with E-state index in [2.05, 4.69) is 10.1 Å². The van der Waals surface area contributed by atoms with Gasteiger partial charge in [-0.05, 0) is 30.3 Å². The van der Waals surface area contributed by atoms with E-state index in [-0.39, 0.29) is 21.9 Å². The van der Waals surface area contributed by atoms with Crippen molar-refractivity contribution in [2.45, 2.75) is 17.0 Å². The highest BCUT2D eigenvalue weighted by Gasteiger charge is 2.31. The first-order chi connectivity index (χ1) is 13.6. The van der Waals surface area contributed by atoms with Gasteiger partial charge in [0.15, 0.2) is 15.6 Å². The molecule has 3 rings (SSSR count). The van der Waals surface area contributed by atoms with Gasteiger partial charge in [0.05, 0.1) is 16.9 Å². The number of benzene rings is 2. The quantitative estimate of drug-likeness (QED) is 0.633. The van der Waals surface area contributed by atoms with Crippen molar-refractivity contribution in [3.8, 4) is 5.75 Å². The van der Waals surface area contributed by atoms with E-state index in [0.29, 0.717) is 0 Å². The molecule has 2 aromatic carbocycles. The molecular weight excluding hydrogens is 411 g/mol. The number of sulfone groups is 1. The molecular formula is C19H14F3NO5S. The van der Waals surface area contributed by atoms with Gasteiger partial charge in [0.25, 0.3) is 5.91 Å². The van der Waals surface area contributed by atoms with Gasteiger partial charge < -0.3 is 14.5 Å². The van der Waals surface area contributed by atoms with E-state index in [9.17, 15) is 26.4 Å². The van der Waals surface area contributed by atoms with Crippen molar-refractivity contribution in [3.63, 3.8) is 0 Å². The fraction of sp³-hybridized carbons (Fsp3) is 0.105. The average Bonchev–Trinajstić information content (AvgIpc) is 3.09. The van der Waals surface area contributed by atoms with Gasteiger partial charge in [-0.2, -0.15) is 0 Å². The summed E-state index contributed by atoms with van der Waals surface area (Å²) < 4.78 is 70.9. The van der Waals surface area contributed by atoms with Gasteiger partial charge in [-0.1, -0.05) is 24.3 Å². The molecule has 0 aliphatic carbocycles. The number of hydrogen-bond donors (Lipinski definition) is 1. The van der Waals surface area contributed by atoms with Crippen LogP contribution in [0.15, 0.2) is 76.2 Å². The lowest BCUT2D eigenvalue weighted by atomic mass is 10.2. The fourth-order valence-electron chi connectivity index (χ4n) is 2.52. The molecule has 0 bridgehead atoms. The van der Waals surface area contributed by atoms with Gasteiger partial charge >= 0.3 is 6.36 Å². The third-order valence-corrected chi connectivity index (χ3v) is 5.41. The summed E-state index contributed by atoms with van der Waals surface area (Å²) in [6.07, 6.45) is -3.71. The predicted octanol–water partition coefficient (Wildman–Crippen LogP) is 4.40. The number of rotatable bonds is 6. The van der Waals surface area contributed by atoms with Crippen LogP contribution in [-0.2, 0) is 15.6 Å². The van der Waals surface area contributed by atoms with Crippen LogP contribution in [0, 0.1) is 0 Å². The summed E-state index contributed by atoms with van der Waals surface area (Å²) >= 11 is 0. The van der Waals surface area contributed by atoms with Crippen LogP contribution in [0.4, 0.5) is 18.9 Å². The number of ether oxygens (including phenoxy) is 1. The van der Waals surface area contributed by atoms with Crippen LogP contribution in [0.5, 0.6) is 5.75 Å². The molecule has 1 amide bonds. The van der Waals surface area contributed by atoms with Crippen LogP contribution in [0.2, 0.25) is 0 Å². The van der Waals surface area contributed by atoms with Crippen molar-refractivity contribution >= 4 is 21.4 Å². The first-order valence-corrected chi connectivity index (χ1v) is 9.81. The molecule has 152 valence electrons. The summed E-state index contributed by atoms with van der Waals surface area (Å²) in [7, 11) is -3.72. The van der Waals surface area contributed by atoms with Crippen molar-refractivity contribution < 1.29 is 35.5 Å². The molecule has 0 saturated carbocycles. The maximum absolute atomic E-state index is 12.5. The minimum Gasteiger partial charge on any atom is -0.459 e. The number of nitrogens with one attached hydrogen (secondary N) is 1. The highest BCUT2D eigenvalue weighted by molar-refractivity contribution is 7.90. The summed E-state index contributed by atoms with van der Waals surface area (Å²) in [6, 6.07) is 13.7. The van der Waals surface area contributed by atoms with Crippen molar-refractivity contribution in [1.82, 2.24) is 0 Å². The van der Waals surface area contributed by atoms with Crippen LogP contribution >= 0.6 is 0 Å². The number of alkyl halides is 3. The van der Waals surface area contributed by atoms with E-state index in [1.807, 2.05) is 0 Å². The molecule has 0 unspecified atom stereocenters. The Morgan fingerprint density at radius 3 is 2.45 bits per heavy atom. The zero-order valence-electron chi connectivity index (χ0n) is 14.6. The molecule has 0 aliphatic rings. The summed E-state index contributed by atoms with van der Waals surface area (Å²) in [4.78, 5) is 12.5. The third-order valence-electron chi connectivity index (χ3n) is 3.73. The van der Waals surface area contributed by atoms with Crippen LogP contribution in [0.3, 0.4) is 0 Å². The molecule has 0 saturated heterocycles. The minimum absolute atomic E-state index is 0.0185. The highest BCUT2D eigenvalue weighted by atomic mass is 32.2. The normalized spacial score (nSPS) is 11.8. The van der Waals surface area contributed by atoms with Crippen molar-refractivity contribution in [1.29, 1.82) is 0 Å². The number of anilines is 1. The molecule has 0 radical (unpaired) electrons. The summed E-state index contributed by atoms with van der Waals surface area (Å²) in [5.41, 5.74) is 0.138. The highest BCUT2D eigenvalue weighted by Crippen LogP contribution is 2.26. The second-order valence-electron chi connectivity index (χ2n) is 5.88. The topological polar surface area (TPSA) is 85.6 Å². The van der Waals surface area contributed by atoms with Gasteiger partial charge in [0, 0.05) is 17.3 Å². The maximum Gasteiger partial charge on any atom is 0.573 e. The zero-order valence-corrected chi connectivity index (χ0v) is 15.5. The van der Waals surface area contributed by atoms with Crippen LogP contribution in [0.25, 0.3) is 0 Å². The lowest BCUT2D eigenvalue weighted by Crippen LogP contribution is -2.18. The van der Waals surface area contributed by atoms with Crippen molar-refractivity contribution in [2.24, 2.45) is 0 Å². The average molecular weight is 425 g/mol. The molecule has 1 aromatic heterocycles. The Hall–Kier alpha value is -3.27. The molecule has 1 N–H and O–H groups in total. The Bertz CT molecular complexity index is 1110. The molecule has 0 spiro atoms. The standard InChI is InChI=1S/C19H14F3NO5S/c20-19(21,22)28-15-6-4-5-14(11-15)23-18(24)17-13(9-10-27-17)12-29(25,26)16-7-2-1-3-8-16/h1-11H,12H2,(H,23,24). The van der Waals surface area contributed by atoms with Crippen LogP contribution < -0.4 is 10.1 Å². The summed E-state index contributed by atoms with van der Waals surface area (Å²) in [6.45, 7) is 0. The minimum atomic E-state index is -4.87. The number of amides is 1. The Morgan fingerprint density at radius 1 is 1.03 bits per heavy atom. The molecule has 0 fully saturated rings. The number of carbonyl (C=O) groups excluding carboxylic acids is 1. The van der Waals surface area contributed by atoms with Gasteiger partial charge in [-0.15, -0.1) is 13.2 Å². The molecule has 6 nitrogen and oxygen atoms in total. The number of hydrogen-bond acceptors (Lipinski definition) is 5. The molecule has 0 aliphatic heterocycles. The van der Waals surface area contributed by atoms with E-state index >= 15 is 0 Å². The summed E-state index contributed by atoms with van der Waals surface area (Å²) in [5, 5.41) is 2.36. The van der Waals surface area contributed by atoms with E-state index in [4.69, 9.17) is 4.42 Å². The molecule has 1 heterocycles. The Morgan fingerprint density at radius 2 is 1.76 bits per heavy atom. The van der Waals surface area contributed by atoms with E-state index in [0.717, 1.165) is 18.4 Å². The Kier molecular flexibility index (Phi) is 5.64. The van der Waals surface area contributed by atoms with Crippen molar-refractivity contribution in [3.05, 3.63) is 78.3 Å². The summed E-state index contributed by atoms with van der Waals surface area (Å²) in [5.74, 6) is -2.06. The second kappa shape index (κ2) is 8.00. The molecule has 3 aromatic rings. The van der Waals surface area contributed by atoms with Crippen LogP contribution in [-0.4, -0.2) is 20.7 Å². The van der Waals surface area contributed by atoms with Gasteiger partial charge in [-0.25, -0.2) is 8.42 Å². The second-order valence-corrected chi connectivity index (χ2v) is 7.87. The third kappa shape index (κ3) is 5.38. The first-order valence-electron chi connectivity index (χ1n) is 8.15. The van der Waals surface area contributed by atoms with Crippen molar-refractivity contribution in [2.75, 3.05) is 5.32 Å². The fourth-order valence-corrected chi connectivity index (χ4v) is 3.90. The van der Waals surface area contributed by atoms with E-state index in [1.165, 1.54) is 30.3 Å². The van der Waals surface area contributed by atoms with Gasteiger partial charge in [0.1, 0.15) is 5.75 Å².